The van der Waals surface area contributed by atoms with E-state index in [1.165, 1.54) is 6.92 Å². The second-order valence-electron chi connectivity index (χ2n) is 1.91. The Morgan fingerprint density at radius 3 is 1.82 bits per heavy atom. The van der Waals surface area contributed by atoms with E-state index in [-0.39, 0.29) is 5.78 Å². The number of carboxylic acid groups (broad SMARTS) is 1. The SMILES string of the molecule is C=C.CCC(C(C)=O)C(=O)O. The summed E-state index contributed by atoms with van der Waals surface area (Å²) in [6, 6.07) is 0. The molecule has 0 aliphatic heterocycles. The first kappa shape index (κ1) is 12.5. The van der Waals surface area contributed by atoms with E-state index in [1.54, 1.807) is 6.92 Å². The second kappa shape index (κ2) is 6.99. The highest BCUT2D eigenvalue weighted by Gasteiger charge is 2.19. The zero-order chi connectivity index (χ0) is 9.44. The topological polar surface area (TPSA) is 54.4 Å². The number of rotatable bonds is 3. The maximum atomic E-state index is 10.4. The van der Waals surface area contributed by atoms with E-state index in [1.807, 2.05) is 0 Å². The molecule has 0 amide bonds. The van der Waals surface area contributed by atoms with Crippen LogP contribution in [-0.4, -0.2) is 16.9 Å². The number of ketones is 1. The summed E-state index contributed by atoms with van der Waals surface area (Å²) < 4.78 is 0. The van der Waals surface area contributed by atoms with Gasteiger partial charge in [0.05, 0.1) is 0 Å². The van der Waals surface area contributed by atoms with Gasteiger partial charge >= 0.3 is 5.97 Å². The molecule has 0 aromatic heterocycles. The van der Waals surface area contributed by atoms with E-state index < -0.39 is 11.9 Å². The summed E-state index contributed by atoms with van der Waals surface area (Å²) in [5.41, 5.74) is 0. The fourth-order valence-corrected chi connectivity index (χ4v) is 0.636. The molecule has 0 spiro atoms. The standard InChI is InChI=1S/C6H10O3.C2H4/c1-3-5(4(2)7)6(8)9;1-2/h5H,3H2,1-2H3,(H,8,9);1-2H2. The van der Waals surface area contributed by atoms with Crippen LogP contribution in [0.4, 0.5) is 0 Å². The Morgan fingerprint density at radius 1 is 1.45 bits per heavy atom. The van der Waals surface area contributed by atoms with Gasteiger partial charge in [0.25, 0.3) is 0 Å². The second-order valence-corrected chi connectivity index (χ2v) is 1.91. The summed E-state index contributed by atoms with van der Waals surface area (Å²) in [5.74, 6) is -2.10. The first-order valence-electron chi connectivity index (χ1n) is 3.32. The van der Waals surface area contributed by atoms with Crippen LogP contribution < -0.4 is 0 Å². The third-order valence-corrected chi connectivity index (χ3v) is 1.20. The van der Waals surface area contributed by atoms with Gasteiger partial charge in [-0.25, -0.2) is 0 Å². The van der Waals surface area contributed by atoms with Crippen LogP contribution in [0.25, 0.3) is 0 Å². The van der Waals surface area contributed by atoms with E-state index in [2.05, 4.69) is 13.2 Å². The number of carbonyl (C=O) groups excluding carboxylic acids is 1. The third kappa shape index (κ3) is 5.33. The molecule has 0 rings (SSSR count). The number of hydrogen-bond acceptors (Lipinski definition) is 2. The molecule has 0 saturated carbocycles. The van der Waals surface area contributed by atoms with Gasteiger partial charge in [-0.1, -0.05) is 6.92 Å². The molecule has 3 heteroatoms. The Kier molecular flexibility index (Phi) is 7.98. The van der Waals surface area contributed by atoms with E-state index in [4.69, 9.17) is 5.11 Å². The van der Waals surface area contributed by atoms with Crippen LogP contribution in [0.1, 0.15) is 20.3 Å². The van der Waals surface area contributed by atoms with Gasteiger partial charge in [-0.2, -0.15) is 0 Å². The number of carbonyl (C=O) groups is 2. The van der Waals surface area contributed by atoms with Crippen LogP contribution >= 0.6 is 0 Å². The lowest BCUT2D eigenvalue weighted by molar-refractivity contribution is -0.145. The van der Waals surface area contributed by atoms with Gasteiger partial charge < -0.3 is 5.11 Å². The maximum absolute atomic E-state index is 10.4. The highest BCUT2D eigenvalue weighted by molar-refractivity contribution is 5.96. The van der Waals surface area contributed by atoms with Crippen LogP contribution in [0.2, 0.25) is 0 Å². The van der Waals surface area contributed by atoms with Crippen molar-refractivity contribution in [2.75, 3.05) is 0 Å². The predicted octanol–water partition coefficient (Wildman–Crippen LogP) is 1.49. The smallest absolute Gasteiger partial charge is 0.314 e. The molecule has 1 atom stereocenters. The molecular formula is C8H14O3. The van der Waals surface area contributed by atoms with E-state index in [0.717, 1.165) is 0 Å². The predicted molar refractivity (Wildman–Crippen MR) is 43.4 cm³/mol. The van der Waals surface area contributed by atoms with Crippen molar-refractivity contribution >= 4 is 11.8 Å². The Labute approximate surface area is 66.7 Å². The summed E-state index contributed by atoms with van der Waals surface area (Å²) in [6.45, 7) is 8.97. The zero-order valence-corrected chi connectivity index (χ0v) is 6.96. The summed E-state index contributed by atoms with van der Waals surface area (Å²) in [7, 11) is 0. The minimum absolute atomic E-state index is 0.273. The lowest BCUT2D eigenvalue weighted by atomic mass is 10.0. The molecule has 0 fully saturated rings. The molecule has 3 nitrogen and oxygen atoms in total. The molecule has 11 heavy (non-hydrogen) atoms. The van der Waals surface area contributed by atoms with Crippen molar-refractivity contribution in [3.8, 4) is 0 Å². The van der Waals surface area contributed by atoms with Gasteiger partial charge in [0.15, 0.2) is 0 Å². The Morgan fingerprint density at radius 2 is 1.82 bits per heavy atom. The van der Waals surface area contributed by atoms with Gasteiger partial charge in [0.2, 0.25) is 0 Å². The number of carboxylic acids is 1. The van der Waals surface area contributed by atoms with Crippen LogP contribution in [0.5, 0.6) is 0 Å². The van der Waals surface area contributed by atoms with Crippen molar-refractivity contribution < 1.29 is 14.7 Å². The van der Waals surface area contributed by atoms with Gasteiger partial charge in [0.1, 0.15) is 11.7 Å². The van der Waals surface area contributed by atoms with Crippen LogP contribution in [-0.2, 0) is 9.59 Å². The van der Waals surface area contributed by atoms with E-state index in [9.17, 15) is 9.59 Å². The average molecular weight is 158 g/mol. The molecule has 64 valence electrons. The van der Waals surface area contributed by atoms with E-state index >= 15 is 0 Å². The monoisotopic (exact) mass is 158 g/mol. The largest absolute Gasteiger partial charge is 0.481 e. The first-order valence-corrected chi connectivity index (χ1v) is 3.32. The lowest BCUT2D eigenvalue weighted by Crippen LogP contribution is -2.19. The first-order chi connectivity index (χ1) is 5.09. The van der Waals surface area contributed by atoms with Gasteiger partial charge in [-0.05, 0) is 13.3 Å². The molecule has 0 saturated heterocycles. The number of hydrogen-bond donors (Lipinski definition) is 1. The van der Waals surface area contributed by atoms with Crippen LogP contribution in [0.3, 0.4) is 0 Å². The average Bonchev–Trinajstić information content (AvgIpc) is 1.91. The van der Waals surface area contributed by atoms with Crippen molar-refractivity contribution in [3.05, 3.63) is 13.2 Å². The normalized spacial score (nSPS) is 10.7. The highest BCUT2D eigenvalue weighted by atomic mass is 16.4. The molecule has 1 N–H and O–H groups in total. The molecular weight excluding hydrogens is 144 g/mol. The summed E-state index contributed by atoms with van der Waals surface area (Å²) in [5, 5.41) is 8.32. The molecule has 0 bridgehead atoms. The minimum Gasteiger partial charge on any atom is -0.481 e. The van der Waals surface area contributed by atoms with Crippen LogP contribution in [0, 0.1) is 5.92 Å². The molecule has 0 heterocycles. The Bertz CT molecular complexity index is 126. The summed E-state index contributed by atoms with van der Waals surface area (Å²) in [4.78, 5) is 20.6. The van der Waals surface area contributed by atoms with Crippen molar-refractivity contribution in [1.82, 2.24) is 0 Å². The molecule has 0 aromatic rings. The van der Waals surface area contributed by atoms with Crippen LogP contribution in [0.15, 0.2) is 13.2 Å². The molecule has 0 radical (unpaired) electrons. The van der Waals surface area contributed by atoms with Crippen molar-refractivity contribution in [2.24, 2.45) is 5.92 Å². The molecule has 0 aliphatic rings. The Hall–Kier alpha value is -1.12. The van der Waals surface area contributed by atoms with Crippen molar-refractivity contribution in [1.29, 1.82) is 0 Å². The summed E-state index contributed by atoms with van der Waals surface area (Å²) in [6.07, 6.45) is 0.380. The quantitative estimate of drug-likeness (QED) is 0.500. The number of Topliss-reactive ketones (excluding diaryl/α,β-unsaturated/α-hetero) is 1. The molecule has 0 aliphatic carbocycles. The Balaban J connectivity index is 0. The molecule has 1 unspecified atom stereocenters. The van der Waals surface area contributed by atoms with Crippen molar-refractivity contribution in [2.45, 2.75) is 20.3 Å². The minimum atomic E-state index is -1.02. The fraction of sp³-hybridized carbons (Fsp3) is 0.500. The van der Waals surface area contributed by atoms with Gasteiger partial charge in [0, 0.05) is 0 Å². The maximum Gasteiger partial charge on any atom is 0.314 e. The highest BCUT2D eigenvalue weighted by Crippen LogP contribution is 2.02. The lowest BCUT2D eigenvalue weighted by Gasteiger charge is -2.01. The zero-order valence-electron chi connectivity index (χ0n) is 6.96. The third-order valence-electron chi connectivity index (χ3n) is 1.20. The van der Waals surface area contributed by atoms with Gasteiger partial charge in [-0.3, -0.25) is 9.59 Å². The van der Waals surface area contributed by atoms with E-state index in [0.29, 0.717) is 6.42 Å². The fourth-order valence-electron chi connectivity index (χ4n) is 0.636. The summed E-state index contributed by atoms with van der Waals surface area (Å²) >= 11 is 0. The van der Waals surface area contributed by atoms with Gasteiger partial charge in [-0.15, -0.1) is 13.2 Å². The van der Waals surface area contributed by atoms with Crippen molar-refractivity contribution in [3.63, 3.8) is 0 Å². The molecule has 0 aromatic carbocycles. The number of aliphatic carboxylic acids is 1.